The number of aryl methyl sites for hydroxylation is 1. The summed E-state index contributed by atoms with van der Waals surface area (Å²) in [5, 5.41) is 8.50. The van der Waals surface area contributed by atoms with Gasteiger partial charge in [0.2, 0.25) is 5.43 Å². The minimum atomic E-state index is -0.309. The number of hydrogen-bond donors (Lipinski definition) is 0. The molecule has 2 aromatic heterocycles. The van der Waals surface area contributed by atoms with Gasteiger partial charge in [-0.1, -0.05) is 29.5 Å². The van der Waals surface area contributed by atoms with Crippen LogP contribution in [-0.2, 0) is 13.6 Å². The van der Waals surface area contributed by atoms with Gasteiger partial charge in [0.15, 0.2) is 11.0 Å². The number of fused-ring (bicyclic) bond motifs is 2. The number of rotatable bonds is 3. The Morgan fingerprint density at radius 2 is 1.77 bits per heavy atom. The van der Waals surface area contributed by atoms with Gasteiger partial charge in [0.05, 0.1) is 19.2 Å². The molecular formula is C19H16N4O3. The first-order chi connectivity index (χ1) is 12.6. The molecule has 0 amide bonds. The number of methoxy groups -OCH3 is 1. The lowest BCUT2D eigenvalue weighted by Gasteiger charge is -2.04. The van der Waals surface area contributed by atoms with Gasteiger partial charge < -0.3 is 9.30 Å². The Morgan fingerprint density at radius 3 is 2.50 bits per heavy atom. The van der Waals surface area contributed by atoms with Gasteiger partial charge in [0.1, 0.15) is 5.75 Å². The molecule has 0 aliphatic carbocycles. The largest absolute Gasteiger partial charge is 0.497 e. The van der Waals surface area contributed by atoms with Crippen molar-refractivity contribution in [1.82, 2.24) is 19.6 Å². The number of aromatic nitrogens is 4. The molecule has 2 heterocycles. The van der Waals surface area contributed by atoms with Gasteiger partial charge in [-0.05, 0) is 29.8 Å². The van der Waals surface area contributed by atoms with Crippen molar-refractivity contribution in [1.29, 1.82) is 0 Å². The van der Waals surface area contributed by atoms with Gasteiger partial charge in [0.25, 0.3) is 5.56 Å². The van der Waals surface area contributed by atoms with Crippen LogP contribution in [0.25, 0.3) is 21.9 Å². The SMILES string of the molecule is COc1ccc(Cn2nnc3c(=O)c4ccccc4n(C)c(=O)c32)cc1. The predicted molar refractivity (Wildman–Crippen MR) is 98.6 cm³/mol. The Hall–Kier alpha value is -3.48. The Bertz CT molecular complexity index is 1240. The molecule has 0 bridgehead atoms. The summed E-state index contributed by atoms with van der Waals surface area (Å²) >= 11 is 0. The molecule has 130 valence electrons. The van der Waals surface area contributed by atoms with Crippen molar-refractivity contribution in [2.75, 3.05) is 7.11 Å². The van der Waals surface area contributed by atoms with Crippen LogP contribution in [0.2, 0.25) is 0 Å². The van der Waals surface area contributed by atoms with E-state index in [2.05, 4.69) is 10.3 Å². The Labute approximate surface area is 148 Å². The third-order valence-corrected chi connectivity index (χ3v) is 4.46. The van der Waals surface area contributed by atoms with Crippen LogP contribution >= 0.6 is 0 Å². The summed E-state index contributed by atoms with van der Waals surface area (Å²) in [5.74, 6) is 0.743. The molecule has 0 spiro atoms. The van der Waals surface area contributed by atoms with Crippen molar-refractivity contribution in [2.24, 2.45) is 7.05 Å². The molecule has 0 unspecified atom stereocenters. The molecule has 0 saturated carbocycles. The first kappa shape index (κ1) is 16.0. The van der Waals surface area contributed by atoms with Crippen LogP contribution in [0.4, 0.5) is 0 Å². The van der Waals surface area contributed by atoms with Crippen LogP contribution in [0.15, 0.2) is 58.1 Å². The normalized spacial score (nSPS) is 11.2. The molecule has 0 N–H and O–H groups in total. The lowest BCUT2D eigenvalue weighted by molar-refractivity contribution is 0.414. The highest BCUT2D eigenvalue weighted by atomic mass is 16.5. The Balaban J connectivity index is 1.98. The first-order valence-electron chi connectivity index (χ1n) is 8.08. The van der Waals surface area contributed by atoms with E-state index >= 15 is 0 Å². The van der Waals surface area contributed by atoms with Gasteiger partial charge in [0, 0.05) is 12.4 Å². The van der Waals surface area contributed by atoms with Crippen LogP contribution in [-0.4, -0.2) is 26.7 Å². The van der Waals surface area contributed by atoms with Gasteiger partial charge in [-0.15, -0.1) is 5.10 Å². The number of hydrogen-bond acceptors (Lipinski definition) is 5. The van der Waals surface area contributed by atoms with Crippen molar-refractivity contribution < 1.29 is 4.74 Å². The summed E-state index contributed by atoms with van der Waals surface area (Å²) in [6, 6.07) is 14.4. The number of nitrogens with zero attached hydrogens (tertiary/aromatic N) is 4. The van der Waals surface area contributed by atoms with Crippen LogP contribution in [0.5, 0.6) is 5.75 Å². The summed E-state index contributed by atoms with van der Waals surface area (Å²) in [4.78, 5) is 25.8. The Morgan fingerprint density at radius 1 is 1.04 bits per heavy atom. The standard InChI is InChI=1S/C19H16N4O3/c1-22-15-6-4-3-5-14(15)18(24)16-17(19(22)25)23(21-20-16)11-12-7-9-13(26-2)10-8-12/h3-10H,11H2,1-2H3. The van der Waals surface area contributed by atoms with E-state index in [9.17, 15) is 9.59 Å². The second kappa shape index (κ2) is 6.11. The van der Waals surface area contributed by atoms with Gasteiger partial charge in [-0.3, -0.25) is 9.59 Å². The van der Waals surface area contributed by atoms with E-state index in [0.29, 0.717) is 17.4 Å². The van der Waals surface area contributed by atoms with Crippen LogP contribution in [0, 0.1) is 0 Å². The zero-order valence-electron chi connectivity index (χ0n) is 14.3. The van der Waals surface area contributed by atoms with E-state index in [4.69, 9.17) is 4.74 Å². The maximum Gasteiger partial charge on any atom is 0.278 e. The monoisotopic (exact) mass is 348 g/mol. The highest BCUT2D eigenvalue weighted by molar-refractivity contribution is 5.87. The van der Waals surface area contributed by atoms with Crippen molar-refractivity contribution >= 4 is 21.9 Å². The highest BCUT2D eigenvalue weighted by Crippen LogP contribution is 2.14. The van der Waals surface area contributed by atoms with Crippen LogP contribution in [0.3, 0.4) is 0 Å². The molecule has 7 heteroatoms. The number of benzene rings is 2. The number of ether oxygens (including phenoxy) is 1. The van der Waals surface area contributed by atoms with Crippen molar-refractivity contribution in [3.63, 3.8) is 0 Å². The summed E-state index contributed by atoms with van der Waals surface area (Å²) in [6.07, 6.45) is 0. The Kier molecular flexibility index (Phi) is 3.76. The quantitative estimate of drug-likeness (QED) is 0.563. The molecule has 0 aliphatic heterocycles. The fourth-order valence-corrected chi connectivity index (χ4v) is 3.05. The second-order valence-electron chi connectivity index (χ2n) is 6.00. The van der Waals surface area contributed by atoms with E-state index < -0.39 is 0 Å². The van der Waals surface area contributed by atoms with E-state index in [1.54, 1.807) is 38.4 Å². The average Bonchev–Trinajstić information content (AvgIpc) is 3.07. The average molecular weight is 348 g/mol. The molecular weight excluding hydrogens is 332 g/mol. The molecule has 7 nitrogen and oxygen atoms in total. The summed E-state index contributed by atoms with van der Waals surface area (Å²) in [5.41, 5.74) is 1.16. The lowest BCUT2D eigenvalue weighted by atomic mass is 10.2. The molecule has 2 aromatic carbocycles. The molecule has 4 aromatic rings. The minimum absolute atomic E-state index is 0.0836. The predicted octanol–water partition coefficient (Wildman–Crippen LogP) is 1.70. The third-order valence-electron chi connectivity index (χ3n) is 4.46. The van der Waals surface area contributed by atoms with E-state index in [1.807, 2.05) is 24.3 Å². The lowest BCUT2D eigenvalue weighted by Crippen LogP contribution is -2.18. The molecule has 0 saturated heterocycles. The zero-order valence-corrected chi connectivity index (χ0v) is 14.3. The minimum Gasteiger partial charge on any atom is -0.497 e. The molecule has 0 radical (unpaired) electrons. The van der Waals surface area contributed by atoms with E-state index in [1.165, 1.54) is 9.25 Å². The molecule has 0 atom stereocenters. The highest BCUT2D eigenvalue weighted by Gasteiger charge is 2.15. The molecule has 0 fully saturated rings. The fraction of sp³-hybridized carbons (Fsp3) is 0.158. The molecule has 4 rings (SSSR count). The zero-order chi connectivity index (χ0) is 18.3. The van der Waals surface area contributed by atoms with Gasteiger partial charge >= 0.3 is 0 Å². The van der Waals surface area contributed by atoms with E-state index in [0.717, 1.165) is 11.3 Å². The first-order valence-corrected chi connectivity index (χ1v) is 8.08. The smallest absolute Gasteiger partial charge is 0.278 e. The van der Waals surface area contributed by atoms with Crippen molar-refractivity contribution in [3.05, 3.63) is 74.7 Å². The maximum absolute atomic E-state index is 13.0. The summed E-state index contributed by atoms with van der Waals surface area (Å²) < 4.78 is 8.09. The second-order valence-corrected chi connectivity index (χ2v) is 6.00. The summed E-state index contributed by atoms with van der Waals surface area (Å²) in [6.45, 7) is 0.329. The molecule has 0 aliphatic rings. The third kappa shape index (κ3) is 2.45. The van der Waals surface area contributed by atoms with Crippen LogP contribution < -0.4 is 15.7 Å². The van der Waals surface area contributed by atoms with Crippen molar-refractivity contribution in [2.45, 2.75) is 6.54 Å². The van der Waals surface area contributed by atoms with Crippen molar-refractivity contribution in [3.8, 4) is 5.75 Å². The maximum atomic E-state index is 13.0. The summed E-state index contributed by atoms with van der Waals surface area (Å²) in [7, 11) is 3.25. The topological polar surface area (TPSA) is 79.0 Å². The van der Waals surface area contributed by atoms with Gasteiger partial charge in [-0.25, -0.2) is 4.68 Å². The number of para-hydroxylation sites is 1. The van der Waals surface area contributed by atoms with E-state index in [-0.39, 0.29) is 22.0 Å². The van der Waals surface area contributed by atoms with Gasteiger partial charge in [-0.2, -0.15) is 0 Å². The molecule has 26 heavy (non-hydrogen) atoms. The van der Waals surface area contributed by atoms with Crippen LogP contribution in [0.1, 0.15) is 5.56 Å². The fourth-order valence-electron chi connectivity index (χ4n) is 3.05.